The van der Waals surface area contributed by atoms with Gasteiger partial charge in [-0.05, 0) is 12.1 Å². The van der Waals surface area contributed by atoms with Crippen LogP contribution in [0, 0.1) is 0 Å². The van der Waals surface area contributed by atoms with Crippen LogP contribution < -0.4 is 5.32 Å². The van der Waals surface area contributed by atoms with Crippen molar-refractivity contribution >= 4 is 29.1 Å². The number of amides is 1. The van der Waals surface area contributed by atoms with Crippen molar-refractivity contribution in [1.82, 2.24) is 15.3 Å². The number of aromatic nitrogens is 2. The van der Waals surface area contributed by atoms with Crippen molar-refractivity contribution < 1.29 is 4.79 Å². The van der Waals surface area contributed by atoms with Crippen LogP contribution in [0.1, 0.15) is 15.9 Å². The highest BCUT2D eigenvalue weighted by Gasteiger charge is 2.10. The van der Waals surface area contributed by atoms with Gasteiger partial charge in [0.15, 0.2) is 0 Å². The summed E-state index contributed by atoms with van der Waals surface area (Å²) >= 11 is 11.7. The molecule has 0 bridgehead atoms. The Kier molecular flexibility index (Phi) is 4.12. The standard InChI is InChI=1S/C12H9Cl2N3O/c13-10-9(11(14)17-7-16-10)6-15-12(18)8-4-2-1-3-5-8/h1-5,7H,6H2,(H,15,18). The molecule has 0 fully saturated rings. The first kappa shape index (κ1) is 12.8. The number of hydrogen-bond donors (Lipinski definition) is 1. The third-order valence-corrected chi connectivity index (χ3v) is 2.95. The SMILES string of the molecule is O=C(NCc1c(Cl)ncnc1Cl)c1ccccc1. The summed E-state index contributed by atoms with van der Waals surface area (Å²) in [5.41, 5.74) is 1.08. The number of rotatable bonds is 3. The molecule has 4 nitrogen and oxygen atoms in total. The molecular formula is C12H9Cl2N3O. The van der Waals surface area contributed by atoms with Crippen LogP contribution >= 0.6 is 23.2 Å². The fourth-order valence-corrected chi connectivity index (χ4v) is 1.83. The van der Waals surface area contributed by atoms with E-state index in [1.54, 1.807) is 24.3 Å². The Labute approximate surface area is 114 Å². The van der Waals surface area contributed by atoms with Gasteiger partial charge in [-0.1, -0.05) is 41.4 Å². The van der Waals surface area contributed by atoms with E-state index in [1.807, 2.05) is 6.07 Å². The Bertz CT molecular complexity index is 540. The molecule has 1 amide bonds. The van der Waals surface area contributed by atoms with E-state index in [0.717, 1.165) is 0 Å². The minimum Gasteiger partial charge on any atom is -0.348 e. The first-order chi connectivity index (χ1) is 8.68. The number of carbonyl (C=O) groups excluding carboxylic acids is 1. The van der Waals surface area contributed by atoms with Gasteiger partial charge < -0.3 is 5.32 Å². The predicted octanol–water partition coefficient (Wildman–Crippen LogP) is 2.71. The van der Waals surface area contributed by atoms with Crippen LogP contribution in [0.25, 0.3) is 0 Å². The lowest BCUT2D eigenvalue weighted by Crippen LogP contribution is -2.23. The molecule has 0 radical (unpaired) electrons. The molecule has 0 spiro atoms. The Morgan fingerprint density at radius 3 is 2.33 bits per heavy atom. The van der Waals surface area contributed by atoms with Crippen molar-refractivity contribution in [3.63, 3.8) is 0 Å². The lowest BCUT2D eigenvalue weighted by atomic mass is 10.2. The number of carbonyl (C=O) groups is 1. The van der Waals surface area contributed by atoms with Crippen molar-refractivity contribution in [3.05, 3.63) is 58.1 Å². The van der Waals surface area contributed by atoms with Gasteiger partial charge in [0.2, 0.25) is 0 Å². The molecule has 18 heavy (non-hydrogen) atoms. The lowest BCUT2D eigenvalue weighted by Gasteiger charge is -2.07. The lowest BCUT2D eigenvalue weighted by molar-refractivity contribution is 0.0951. The Morgan fingerprint density at radius 1 is 1.11 bits per heavy atom. The van der Waals surface area contributed by atoms with Crippen LogP contribution in [-0.2, 0) is 6.54 Å². The summed E-state index contributed by atoms with van der Waals surface area (Å²) in [5.74, 6) is -0.202. The van der Waals surface area contributed by atoms with E-state index in [-0.39, 0.29) is 22.8 Å². The maximum absolute atomic E-state index is 11.8. The fourth-order valence-electron chi connectivity index (χ4n) is 1.38. The third kappa shape index (κ3) is 2.97. The second-order valence-electron chi connectivity index (χ2n) is 3.48. The zero-order chi connectivity index (χ0) is 13.0. The molecule has 1 aromatic heterocycles. The monoisotopic (exact) mass is 281 g/mol. The van der Waals surface area contributed by atoms with Crippen molar-refractivity contribution in [3.8, 4) is 0 Å². The maximum atomic E-state index is 11.8. The van der Waals surface area contributed by atoms with Gasteiger partial charge in [0.05, 0.1) is 0 Å². The quantitative estimate of drug-likeness (QED) is 0.881. The van der Waals surface area contributed by atoms with Crippen molar-refractivity contribution in [2.45, 2.75) is 6.54 Å². The number of hydrogen-bond acceptors (Lipinski definition) is 3. The van der Waals surface area contributed by atoms with Gasteiger partial charge in [0, 0.05) is 17.7 Å². The average Bonchev–Trinajstić information content (AvgIpc) is 2.39. The topological polar surface area (TPSA) is 54.9 Å². The van der Waals surface area contributed by atoms with Crippen LogP contribution in [-0.4, -0.2) is 15.9 Å². The zero-order valence-corrected chi connectivity index (χ0v) is 10.7. The smallest absolute Gasteiger partial charge is 0.251 e. The summed E-state index contributed by atoms with van der Waals surface area (Å²) in [7, 11) is 0. The number of halogens is 2. The predicted molar refractivity (Wildman–Crippen MR) is 69.7 cm³/mol. The summed E-state index contributed by atoms with van der Waals surface area (Å²) in [6.45, 7) is 0.187. The largest absolute Gasteiger partial charge is 0.348 e. The number of nitrogens with zero attached hydrogens (tertiary/aromatic N) is 2. The van der Waals surface area contributed by atoms with E-state index in [9.17, 15) is 4.79 Å². The van der Waals surface area contributed by atoms with Crippen molar-refractivity contribution in [2.24, 2.45) is 0 Å². The van der Waals surface area contributed by atoms with Crippen LogP contribution in [0.5, 0.6) is 0 Å². The molecule has 2 aromatic rings. The highest BCUT2D eigenvalue weighted by atomic mass is 35.5. The Balaban J connectivity index is 2.07. The molecule has 0 saturated heterocycles. The van der Waals surface area contributed by atoms with Crippen LogP contribution in [0.3, 0.4) is 0 Å². The van der Waals surface area contributed by atoms with Crippen molar-refractivity contribution in [1.29, 1.82) is 0 Å². The van der Waals surface area contributed by atoms with Gasteiger partial charge in [0.1, 0.15) is 16.6 Å². The van der Waals surface area contributed by atoms with Crippen LogP contribution in [0.15, 0.2) is 36.7 Å². The summed E-state index contributed by atoms with van der Waals surface area (Å²) in [4.78, 5) is 19.4. The Hall–Kier alpha value is -1.65. The van der Waals surface area contributed by atoms with E-state index in [4.69, 9.17) is 23.2 Å². The normalized spacial score (nSPS) is 10.1. The van der Waals surface area contributed by atoms with Gasteiger partial charge in [-0.15, -0.1) is 0 Å². The van der Waals surface area contributed by atoms with Gasteiger partial charge >= 0.3 is 0 Å². The van der Waals surface area contributed by atoms with E-state index in [0.29, 0.717) is 11.1 Å². The van der Waals surface area contributed by atoms with E-state index in [2.05, 4.69) is 15.3 Å². The van der Waals surface area contributed by atoms with Gasteiger partial charge in [-0.2, -0.15) is 0 Å². The molecular weight excluding hydrogens is 273 g/mol. The number of nitrogens with one attached hydrogen (secondary N) is 1. The highest BCUT2D eigenvalue weighted by Crippen LogP contribution is 2.19. The molecule has 6 heteroatoms. The molecule has 0 saturated carbocycles. The minimum atomic E-state index is -0.202. The molecule has 1 aromatic carbocycles. The average molecular weight is 282 g/mol. The minimum absolute atomic E-state index is 0.187. The highest BCUT2D eigenvalue weighted by molar-refractivity contribution is 6.34. The molecule has 0 unspecified atom stereocenters. The first-order valence-electron chi connectivity index (χ1n) is 5.16. The fraction of sp³-hybridized carbons (Fsp3) is 0.0833. The molecule has 0 aliphatic carbocycles. The van der Waals surface area contributed by atoms with Gasteiger partial charge in [-0.3, -0.25) is 4.79 Å². The van der Waals surface area contributed by atoms with E-state index < -0.39 is 0 Å². The van der Waals surface area contributed by atoms with E-state index in [1.165, 1.54) is 6.33 Å². The summed E-state index contributed by atoms with van der Waals surface area (Å²) < 4.78 is 0. The molecule has 1 heterocycles. The molecule has 0 atom stereocenters. The summed E-state index contributed by atoms with van der Waals surface area (Å²) in [6, 6.07) is 8.87. The van der Waals surface area contributed by atoms with Gasteiger partial charge in [0.25, 0.3) is 5.91 Å². The second-order valence-corrected chi connectivity index (χ2v) is 4.20. The van der Waals surface area contributed by atoms with E-state index >= 15 is 0 Å². The molecule has 0 aliphatic rings. The first-order valence-corrected chi connectivity index (χ1v) is 5.92. The Morgan fingerprint density at radius 2 is 1.72 bits per heavy atom. The summed E-state index contributed by atoms with van der Waals surface area (Å²) in [6.07, 6.45) is 1.27. The number of benzene rings is 1. The molecule has 2 rings (SSSR count). The van der Waals surface area contributed by atoms with Crippen LogP contribution in [0.4, 0.5) is 0 Å². The summed E-state index contributed by atoms with van der Waals surface area (Å²) in [5, 5.41) is 3.19. The molecule has 0 aliphatic heterocycles. The zero-order valence-electron chi connectivity index (χ0n) is 9.23. The molecule has 1 N–H and O–H groups in total. The van der Waals surface area contributed by atoms with Gasteiger partial charge in [-0.25, -0.2) is 9.97 Å². The molecule has 92 valence electrons. The second kappa shape index (κ2) is 5.80. The maximum Gasteiger partial charge on any atom is 0.251 e. The third-order valence-electron chi connectivity index (χ3n) is 2.30. The van der Waals surface area contributed by atoms with Crippen molar-refractivity contribution in [2.75, 3.05) is 0 Å². The van der Waals surface area contributed by atoms with Crippen LogP contribution in [0.2, 0.25) is 10.3 Å².